The van der Waals surface area contributed by atoms with Gasteiger partial charge < -0.3 is 26.1 Å². The third kappa shape index (κ3) is 7.93. The molecule has 8 heteroatoms. The Morgan fingerprint density at radius 1 is 1.23 bits per heavy atom. The fourth-order valence-electron chi connectivity index (χ4n) is 4.56. The Balaban J connectivity index is 1.50. The number of allylic oxidation sites excluding steroid dienone is 4. The van der Waals surface area contributed by atoms with Crippen LogP contribution in [0.5, 0.6) is 5.75 Å². The lowest BCUT2D eigenvalue weighted by Crippen LogP contribution is -2.34. The first-order valence-electron chi connectivity index (χ1n) is 14.1. The zero-order chi connectivity index (χ0) is 28.2. The highest BCUT2D eigenvalue weighted by molar-refractivity contribution is 6.09. The Hall–Kier alpha value is -4.17. The normalized spacial score (nSPS) is 15.5. The predicted molar refractivity (Wildman–Crippen MR) is 165 cm³/mol. The molecule has 0 spiro atoms. The molecule has 0 amide bonds. The molecule has 1 aliphatic heterocycles. The van der Waals surface area contributed by atoms with Gasteiger partial charge in [-0.15, -0.1) is 0 Å². The molecule has 0 bridgehead atoms. The van der Waals surface area contributed by atoms with Crippen molar-refractivity contribution < 1.29 is 4.74 Å². The van der Waals surface area contributed by atoms with E-state index in [1.807, 2.05) is 56.1 Å². The van der Waals surface area contributed by atoms with Crippen LogP contribution < -0.4 is 20.7 Å². The van der Waals surface area contributed by atoms with Crippen LogP contribution in [-0.4, -0.2) is 47.6 Å². The Morgan fingerprint density at radius 3 is 2.75 bits per heavy atom. The van der Waals surface area contributed by atoms with Crippen molar-refractivity contribution in [3.05, 3.63) is 95.9 Å². The maximum Gasteiger partial charge on any atom is 0.140 e. The number of ether oxygens (including phenoxy) is 1. The summed E-state index contributed by atoms with van der Waals surface area (Å²) < 4.78 is 8.29. The van der Waals surface area contributed by atoms with E-state index in [1.54, 1.807) is 0 Å². The lowest BCUT2D eigenvalue weighted by atomic mass is 10.1. The van der Waals surface area contributed by atoms with E-state index < -0.39 is 0 Å². The molecule has 3 heterocycles. The van der Waals surface area contributed by atoms with Gasteiger partial charge in [0.1, 0.15) is 17.5 Å². The van der Waals surface area contributed by atoms with Gasteiger partial charge in [-0.25, -0.2) is 4.98 Å². The first-order chi connectivity index (χ1) is 19.6. The van der Waals surface area contributed by atoms with Gasteiger partial charge in [-0.2, -0.15) is 0 Å². The summed E-state index contributed by atoms with van der Waals surface area (Å²) in [6, 6.07) is 12.3. The molecular weight excluding hydrogens is 498 g/mol. The van der Waals surface area contributed by atoms with E-state index >= 15 is 0 Å². The highest BCUT2D eigenvalue weighted by Gasteiger charge is 2.16. The number of piperidine rings is 1. The number of hydrogen-bond acceptors (Lipinski definition) is 7. The number of hydrogen-bond donors (Lipinski definition) is 4. The van der Waals surface area contributed by atoms with Crippen molar-refractivity contribution >= 4 is 23.1 Å². The average molecular weight is 540 g/mol. The van der Waals surface area contributed by atoms with Gasteiger partial charge in [-0.1, -0.05) is 43.7 Å². The lowest BCUT2D eigenvalue weighted by molar-refractivity contribution is 0.162. The molecule has 0 radical (unpaired) electrons. The second-order valence-corrected chi connectivity index (χ2v) is 9.90. The van der Waals surface area contributed by atoms with E-state index in [-0.39, 0.29) is 6.10 Å². The quantitative estimate of drug-likeness (QED) is 0.216. The van der Waals surface area contributed by atoms with Crippen LogP contribution in [0.3, 0.4) is 0 Å². The zero-order valence-corrected chi connectivity index (χ0v) is 23.8. The zero-order valence-electron chi connectivity index (χ0n) is 23.8. The Bertz CT molecular complexity index is 1380. The van der Waals surface area contributed by atoms with Crippen molar-refractivity contribution in [1.82, 2.24) is 25.3 Å². The van der Waals surface area contributed by atoms with E-state index in [2.05, 4.69) is 63.5 Å². The SMILES string of the molecule is CCC/C=C/N=C(\C=C(/C)NCc1ccc(/C(C=N)=C/NC)cc1)c1cnc2cc(OC3CCNCC3)ccn12. The van der Waals surface area contributed by atoms with Crippen molar-refractivity contribution in [2.24, 2.45) is 4.99 Å². The smallest absolute Gasteiger partial charge is 0.140 e. The first kappa shape index (κ1) is 28.8. The molecule has 2 aromatic heterocycles. The Morgan fingerprint density at radius 2 is 2.02 bits per heavy atom. The van der Waals surface area contributed by atoms with Crippen LogP contribution in [0.1, 0.15) is 56.4 Å². The van der Waals surface area contributed by atoms with Crippen molar-refractivity contribution in [2.45, 2.75) is 52.2 Å². The maximum atomic E-state index is 7.62. The van der Waals surface area contributed by atoms with E-state index in [1.165, 1.54) is 6.21 Å². The minimum absolute atomic E-state index is 0.245. The molecule has 0 saturated carbocycles. The number of imidazole rings is 1. The number of nitrogens with one attached hydrogen (secondary N) is 4. The second kappa shape index (κ2) is 14.8. The first-order valence-corrected chi connectivity index (χ1v) is 14.1. The predicted octanol–water partition coefficient (Wildman–Crippen LogP) is 5.47. The standard InChI is InChI=1S/C32H41N7O/c1-4-5-6-14-36-30(18-24(2)37-21-25-7-9-26(10-8-25)27(20-33)22-34-3)31-23-38-32-19-29(13-17-39(31)32)40-28-11-15-35-16-12-28/h6-10,13-14,17-20,22-23,28,33-35,37H,4-5,11-12,15-16,21H2,1-3H3/b14-6+,24-18+,27-22+,33-20?,36-30+. The van der Waals surface area contributed by atoms with Crippen molar-refractivity contribution in [1.29, 1.82) is 5.41 Å². The molecule has 210 valence electrons. The lowest BCUT2D eigenvalue weighted by Gasteiger charge is -2.23. The van der Waals surface area contributed by atoms with Gasteiger partial charge >= 0.3 is 0 Å². The molecule has 1 aliphatic rings. The fourth-order valence-corrected chi connectivity index (χ4v) is 4.56. The van der Waals surface area contributed by atoms with Crippen LogP contribution in [0.2, 0.25) is 0 Å². The average Bonchev–Trinajstić information content (AvgIpc) is 3.40. The molecule has 0 unspecified atom stereocenters. The van der Waals surface area contributed by atoms with Gasteiger partial charge in [0.25, 0.3) is 0 Å². The van der Waals surface area contributed by atoms with Gasteiger partial charge in [-0.05, 0) is 62.5 Å². The summed E-state index contributed by atoms with van der Waals surface area (Å²) in [4.78, 5) is 9.48. The molecule has 4 N–H and O–H groups in total. The van der Waals surface area contributed by atoms with Crippen LogP contribution in [0.15, 0.2) is 84.0 Å². The molecule has 3 aromatic rings. The molecular formula is C32H41N7O. The van der Waals surface area contributed by atoms with Gasteiger partial charge in [0, 0.05) is 55.7 Å². The molecule has 40 heavy (non-hydrogen) atoms. The van der Waals surface area contributed by atoms with E-state index in [9.17, 15) is 0 Å². The summed E-state index contributed by atoms with van der Waals surface area (Å²) in [7, 11) is 1.84. The molecule has 8 nitrogen and oxygen atoms in total. The van der Waals surface area contributed by atoms with Gasteiger partial charge in [-0.3, -0.25) is 9.39 Å². The summed E-state index contributed by atoms with van der Waals surface area (Å²) in [5.41, 5.74) is 6.59. The maximum absolute atomic E-state index is 7.62. The van der Waals surface area contributed by atoms with E-state index in [4.69, 9.17) is 15.1 Å². The summed E-state index contributed by atoms with van der Waals surface area (Å²) in [6.07, 6.45) is 17.5. The second-order valence-electron chi connectivity index (χ2n) is 9.90. The van der Waals surface area contributed by atoms with Crippen LogP contribution in [0.4, 0.5) is 0 Å². The van der Waals surface area contributed by atoms with Crippen molar-refractivity contribution in [3.63, 3.8) is 0 Å². The topological polar surface area (TPSA) is 98.8 Å². The molecule has 1 saturated heterocycles. The van der Waals surface area contributed by atoms with Crippen LogP contribution >= 0.6 is 0 Å². The summed E-state index contributed by atoms with van der Waals surface area (Å²) >= 11 is 0. The van der Waals surface area contributed by atoms with E-state index in [0.717, 1.165) is 84.0 Å². The number of benzene rings is 1. The highest BCUT2D eigenvalue weighted by atomic mass is 16.5. The molecule has 0 atom stereocenters. The molecule has 1 aromatic carbocycles. The minimum atomic E-state index is 0.245. The molecule has 0 aliphatic carbocycles. The number of aliphatic imine (C=N–C) groups is 1. The summed E-state index contributed by atoms with van der Waals surface area (Å²) in [5.74, 6) is 0.853. The fraction of sp³-hybridized carbons (Fsp3) is 0.344. The molecule has 1 fully saturated rings. The third-order valence-corrected chi connectivity index (χ3v) is 6.78. The number of pyridine rings is 1. The van der Waals surface area contributed by atoms with Crippen molar-refractivity contribution in [3.8, 4) is 5.75 Å². The van der Waals surface area contributed by atoms with Crippen LogP contribution in [-0.2, 0) is 6.54 Å². The number of nitrogens with zero attached hydrogens (tertiary/aromatic N) is 3. The number of rotatable bonds is 13. The Kier molecular flexibility index (Phi) is 10.7. The minimum Gasteiger partial charge on any atom is -0.490 e. The highest BCUT2D eigenvalue weighted by Crippen LogP contribution is 2.20. The number of fused-ring (bicyclic) bond motifs is 1. The summed E-state index contributed by atoms with van der Waals surface area (Å²) in [6.45, 7) is 6.89. The van der Waals surface area contributed by atoms with Gasteiger partial charge in [0.15, 0.2) is 0 Å². The van der Waals surface area contributed by atoms with Crippen LogP contribution in [0.25, 0.3) is 11.2 Å². The van der Waals surface area contributed by atoms with Gasteiger partial charge in [0.05, 0.1) is 17.6 Å². The van der Waals surface area contributed by atoms with Crippen molar-refractivity contribution in [2.75, 3.05) is 20.1 Å². The van der Waals surface area contributed by atoms with E-state index in [0.29, 0.717) is 6.54 Å². The number of unbranched alkanes of at least 4 members (excludes halogenated alkanes) is 1. The summed E-state index contributed by atoms with van der Waals surface area (Å²) in [5, 5.41) is 17.5. The largest absolute Gasteiger partial charge is 0.490 e. The van der Waals surface area contributed by atoms with Gasteiger partial charge in [0.2, 0.25) is 0 Å². The Labute approximate surface area is 237 Å². The monoisotopic (exact) mass is 539 g/mol. The molecule has 4 rings (SSSR count). The third-order valence-electron chi connectivity index (χ3n) is 6.78. The van der Waals surface area contributed by atoms with Crippen LogP contribution in [0, 0.1) is 5.41 Å². The number of aromatic nitrogens is 2.